The van der Waals surface area contributed by atoms with Crippen molar-refractivity contribution in [1.29, 1.82) is 0 Å². The van der Waals surface area contributed by atoms with Gasteiger partial charge in [0.15, 0.2) is 0 Å². The van der Waals surface area contributed by atoms with E-state index < -0.39 is 11.6 Å². The van der Waals surface area contributed by atoms with Crippen LogP contribution in [-0.2, 0) is 16.0 Å². The van der Waals surface area contributed by atoms with E-state index in [0.29, 0.717) is 13.0 Å². The lowest BCUT2D eigenvalue weighted by molar-refractivity contribution is -0.155. The lowest BCUT2D eigenvalue weighted by Gasteiger charge is -2.44. The Bertz CT molecular complexity index is 551. The minimum absolute atomic E-state index is 0.0206. The molecular weight excluding hydrogens is 286 g/mol. The Balaban J connectivity index is 2.18. The molecule has 1 fully saturated rings. The Labute approximate surface area is 129 Å². The molecule has 1 aliphatic heterocycles. The maximum Gasteiger partial charge on any atom is 0.248 e. The second kappa shape index (κ2) is 5.75. The summed E-state index contributed by atoms with van der Waals surface area (Å²) in [5.41, 5.74) is 0.150. The number of hydrogen-bond acceptors (Lipinski definition) is 4. The van der Waals surface area contributed by atoms with Crippen molar-refractivity contribution in [3.05, 3.63) is 16.1 Å². The van der Waals surface area contributed by atoms with Crippen molar-refractivity contribution in [3.63, 3.8) is 0 Å². The topological polar surface area (TPSA) is 62.3 Å². The number of carbonyl (C=O) groups is 2. The summed E-state index contributed by atoms with van der Waals surface area (Å²) in [7, 11) is 0. The number of thiazole rings is 1. The summed E-state index contributed by atoms with van der Waals surface area (Å²) < 4.78 is 0. The van der Waals surface area contributed by atoms with E-state index in [4.69, 9.17) is 0 Å². The van der Waals surface area contributed by atoms with E-state index in [0.717, 1.165) is 10.7 Å². The zero-order chi connectivity index (χ0) is 15.8. The van der Waals surface area contributed by atoms with Gasteiger partial charge in [0.25, 0.3) is 0 Å². The highest BCUT2D eigenvalue weighted by Gasteiger charge is 2.45. The third-order valence-corrected chi connectivity index (χ3v) is 4.56. The van der Waals surface area contributed by atoms with Crippen LogP contribution in [0.25, 0.3) is 0 Å². The van der Waals surface area contributed by atoms with E-state index in [1.807, 2.05) is 26.2 Å². The number of nitrogens with one attached hydrogen (secondary N) is 1. The van der Waals surface area contributed by atoms with E-state index in [-0.39, 0.29) is 17.7 Å². The number of aryl methyl sites for hydroxylation is 1. The van der Waals surface area contributed by atoms with Crippen molar-refractivity contribution in [2.45, 2.75) is 52.6 Å². The van der Waals surface area contributed by atoms with Gasteiger partial charge in [0.05, 0.1) is 10.7 Å². The molecule has 5 nitrogen and oxygen atoms in total. The second-order valence-electron chi connectivity index (χ2n) is 6.41. The van der Waals surface area contributed by atoms with Crippen LogP contribution in [0.15, 0.2) is 5.38 Å². The molecule has 1 atom stereocenters. The monoisotopic (exact) mass is 309 g/mol. The molecule has 2 heterocycles. The Kier molecular flexibility index (Phi) is 4.37. The van der Waals surface area contributed by atoms with Crippen LogP contribution in [0.1, 0.15) is 38.4 Å². The van der Waals surface area contributed by atoms with Crippen molar-refractivity contribution in [3.8, 4) is 0 Å². The quantitative estimate of drug-likeness (QED) is 0.922. The van der Waals surface area contributed by atoms with Crippen molar-refractivity contribution in [1.82, 2.24) is 15.2 Å². The molecule has 0 radical (unpaired) electrons. The van der Waals surface area contributed by atoms with Gasteiger partial charge in [-0.25, -0.2) is 4.98 Å². The molecule has 0 aliphatic carbocycles. The van der Waals surface area contributed by atoms with Crippen LogP contribution in [0, 0.1) is 12.8 Å². The van der Waals surface area contributed by atoms with Gasteiger partial charge in [0.2, 0.25) is 11.8 Å². The normalized spacial score (nSPS) is 21.8. The number of rotatable bonds is 4. The minimum atomic E-state index is -0.833. The first-order chi connectivity index (χ1) is 9.72. The molecule has 1 aromatic heterocycles. The molecule has 2 rings (SSSR count). The van der Waals surface area contributed by atoms with Crippen molar-refractivity contribution >= 4 is 23.2 Å². The summed E-state index contributed by atoms with van der Waals surface area (Å²) in [6, 6.07) is -0.398. The fraction of sp³-hybridized carbons (Fsp3) is 0.667. The highest BCUT2D eigenvalue weighted by molar-refractivity contribution is 7.09. The summed E-state index contributed by atoms with van der Waals surface area (Å²) in [5.74, 6) is -0.000898. The molecule has 116 valence electrons. The predicted molar refractivity (Wildman–Crippen MR) is 83.1 cm³/mol. The molecule has 2 amide bonds. The standard InChI is InChI=1S/C15H23N3O2S/c1-9(2)12-13(19)17-15(4,5)14(20)18(12)7-6-11-8-21-10(3)16-11/h8-9,12H,6-7H2,1-5H3,(H,17,19). The summed E-state index contributed by atoms with van der Waals surface area (Å²) in [4.78, 5) is 31.1. The fourth-order valence-electron chi connectivity index (χ4n) is 2.72. The molecule has 0 aromatic carbocycles. The highest BCUT2D eigenvalue weighted by atomic mass is 32.1. The van der Waals surface area contributed by atoms with Gasteiger partial charge < -0.3 is 10.2 Å². The van der Waals surface area contributed by atoms with Crippen LogP contribution in [-0.4, -0.2) is 39.8 Å². The van der Waals surface area contributed by atoms with Crippen molar-refractivity contribution in [2.24, 2.45) is 5.92 Å². The Morgan fingerprint density at radius 1 is 1.43 bits per heavy atom. The smallest absolute Gasteiger partial charge is 0.248 e. The van der Waals surface area contributed by atoms with E-state index in [9.17, 15) is 9.59 Å². The first-order valence-corrected chi connectivity index (χ1v) is 8.14. The van der Waals surface area contributed by atoms with Gasteiger partial charge in [-0.2, -0.15) is 0 Å². The van der Waals surface area contributed by atoms with Crippen LogP contribution >= 0.6 is 11.3 Å². The molecular formula is C15H23N3O2S. The maximum absolute atomic E-state index is 12.6. The zero-order valence-corrected chi connectivity index (χ0v) is 14.1. The molecule has 1 aliphatic rings. The van der Waals surface area contributed by atoms with Crippen LogP contribution in [0.2, 0.25) is 0 Å². The molecule has 21 heavy (non-hydrogen) atoms. The first kappa shape index (κ1) is 15.9. The lowest BCUT2D eigenvalue weighted by Crippen LogP contribution is -2.69. The fourth-order valence-corrected chi connectivity index (χ4v) is 3.37. The maximum atomic E-state index is 12.6. The van der Waals surface area contributed by atoms with Gasteiger partial charge >= 0.3 is 0 Å². The first-order valence-electron chi connectivity index (χ1n) is 7.26. The SMILES string of the molecule is Cc1nc(CCN2C(=O)C(C)(C)NC(=O)C2C(C)C)cs1. The summed E-state index contributed by atoms with van der Waals surface area (Å²) in [5, 5.41) is 5.86. The third kappa shape index (κ3) is 3.26. The van der Waals surface area contributed by atoms with Crippen LogP contribution in [0.3, 0.4) is 0 Å². The zero-order valence-electron chi connectivity index (χ0n) is 13.3. The average molecular weight is 309 g/mol. The van der Waals surface area contributed by atoms with Crippen molar-refractivity contribution < 1.29 is 9.59 Å². The molecule has 1 saturated heterocycles. The van der Waals surface area contributed by atoms with E-state index >= 15 is 0 Å². The van der Waals surface area contributed by atoms with E-state index in [1.165, 1.54) is 0 Å². The predicted octanol–water partition coefficient (Wildman–Crippen LogP) is 1.76. The van der Waals surface area contributed by atoms with Crippen LogP contribution in [0.4, 0.5) is 0 Å². The largest absolute Gasteiger partial charge is 0.340 e. The third-order valence-electron chi connectivity index (χ3n) is 3.74. The molecule has 1 aromatic rings. The number of aromatic nitrogens is 1. The molecule has 0 spiro atoms. The number of nitrogens with zero attached hydrogens (tertiary/aromatic N) is 2. The van der Waals surface area contributed by atoms with Gasteiger partial charge in [-0.1, -0.05) is 13.8 Å². The van der Waals surface area contributed by atoms with Gasteiger partial charge in [-0.15, -0.1) is 11.3 Å². The van der Waals surface area contributed by atoms with Gasteiger partial charge in [-0.05, 0) is 26.7 Å². The second-order valence-corrected chi connectivity index (χ2v) is 7.47. The lowest BCUT2D eigenvalue weighted by atomic mass is 9.91. The van der Waals surface area contributed by atoms with Crippen LogP contribution < -0.4 is 5.32 Å². The Morgan fingerprint density at radius 3 is 2.62 bits per heavy atom. The number of hydrogen-bond donors (Lipinski definition) is 1. The summed E-state index contributed by atoms with van der Waals surface area (Å²) in [6.07, 6.45) is 0.683. The van der Waals surface area contributed by atoms with E-state index in [2.05, 4.69) is 10.3 Å². The minimum Gasteiger partial charge on any atom is -0.340 e. The van der Waals surface area contributed by atoms with E-state index in [1.54, 1.807) is 30.1 Å². The summed E-state index contributed by atoms with van der Waals surface area (Å²) in [6.45, 7) is 9.94. The average Bonchev–Trinajstić information content (AvgIpc) is 2.76. The Hall–Kier alpha value is -1.43. The summed E-state index contributed by atoms with van der Waals surface area (Å²) >= 11 is 1.61. The molecule has 0 bridgehead atoms. The Morgan fingerprint density at radius 2 is 2.10 bits per heavy atom. The van der Waals surface area contributed by atoms with Gasteiger partial charge in [0.1, 0.15) is 11.6 Å². The molecule has 0 saturated carbocycles. The van der Waals surface area contributed by atoms with Gasteiger partial charge in [0, 0.05) is 18.3 Å². The molecule has 6 heteroatoms. The highest BCUT2D eigenvalue weighted by Crippen LogP contribution is 2.23. The van der Waals surface area contributed by atoms with Crippen LogP contribution in [0.5, 0.6) is 0 Å². The number of carbonyl (C=O) groups excluding carboxylic acids is 2. The van der Waals surface area contributed by atoms with Crippen molar-refractivity contribution in [2.75, 3.05) is 6.54 Å². The number of amides is 2. The van der Waals surface area contributed by atoms with Gasteiger partial charge in [-0.3, -0.25) is 9.59 Å². The molecule has 1 N–H and O–H groups in total. The number of piperazine rings is 1. The molecule has 1 unspecified atom stereocenters.